The maximum absolute atomic E-state index is 13.7. The highest BCUT2D eigenvalue weighted by molar-refractivity contribution is 9.10. The number of fused-ring (bicyclic) bond motifs is 1. The molecule has 0 aliphatic carbocycles. The van der Waals surface area contributed by atoms with Crippen LogP contribution in [0, 0.1) is 0 Å². The van der Waals surface area contributed by atoms with E-state index in [1.165, 1.54) is 6.07 Å². The van der Waals surface area contributed by atoms with E-state index in [-0.39, 0.29) is 34.7 Å². The van der Waals surface area contributed by atoms with Crippen LogP contribution >= 0.6 is 15.9 Å². The smallest absolute Gasteiger partial charge is 0.417 e. The lowest BCUT2D eigenvalue weighted by molar-refractivity contribution is -0.136. The molecular formula is C17H20BrF3N2O2. The zero-order valence-electron chi connectivity index (χ0n) is 14.3. The molecule has 0 fully saturated rings. The third-order valence-electron chi connectivity index (χ3n) is 3.56. The van der Waals surface area contributed by atoms with Crippen LogP contribution in [0.25, 0.3) is 10.9 Å². The van der Waals surface area contributed by atoms with E-state index in [1.807, 2.05) is 0 Å². The minimum absolute atomic E-state index is 0.0678. The van der Waals surface area contributed by atoms with Gasteiger partial charge in [0.15, 0.2) is 0 Å². The lowest BCUT2D eigenvalue weighted by Gasteiger charge is -2.22. The Morgan fingerprint density at radius 3 is 2.28 bits per heavy atom. The van der Waals surface area contributed by atoms with Gasteiger partial charge in [-0.25, -0.2) is 4.98 Å². The number of hydrogen-bond donors (Lipinski definition) is 1. The molecule has 0 aliphatic rings. The van der Waals surface area contributed by atoms with Crippen LogP contribution in [0.1, 0.15) is 33.3 Å². The number of alkyl halides is 3. The van der Waals surface area contributed by atoms with E-state index in [2.05, 4.69) is 20.9 Å². The van der Waals surface area contributed by atoms with Crippen molar-refractivity contribution in [1.82, 2.24) is 4.98 Å². The summed E-state index contributed by atoms with van der Waals surface area (Å²) in [5.41, 5.74) is 5.06. The summed E-state index contributed by atoms with van der Waals surface area (Å²) in [6.07, 6.45) is -5.36. The molecule has 2 rings (SSSR count). The molecule has 0 aliphatic heterocycles. The number of benzene rings is 1. The van der Waals surface area contributed by atoms with Gasteiger partial charge in [0.2, 0.25) is 5.88 Å². The predicted octanol–water partition coefficient (Wildman–Crippen LogP) is 4.92. The Kier molecular flexibility index (Phi) is 5.83. The second-order valence-electron chi connectivity index (χ2n) is 6.13. The van der Waals surface area contributed by atoms with Gasteiger partial charge in [0, 0.05) is 12.1 Å². The number of ether oxygens (including phenoxy) is 2. The normalized spacial score (nSPS) is 14.6. The van der Waals surface area contributed by atoms with E-state index in [0.29, 0.717) is 4.47 Å². The predicted molar refractivity (Wildman–Crippen MR) is 93.9 cm³/mol. The van der Waals surface area contributed by atoms with Crippen molar-refractivity contribution < 1.29 is 22.6 Å². The first-order chi connectivity index (χ1) is 11.5. The number of halogens is 4. The molecule has 2 unspecified atom stereocenters. The molecule has 2 atom stereocenters. The highest BCUT2D eigenvalue weighted by Crippen LogP contribution is 2.43. The van der Waals surface area contributed by atoms with Crippen molar-refractivity contribution in [3.05, 3.63) is 28.2 Å². The minimum atomic E-state index is -4.59. The van der Waals surface area contributed by atoms with Crippen molar-refractivity contribution >= 4 is 26.8 Å². The third kappa shape index (κ3) is 4.55. The van der Waals surface area contributed by atoms with Gasteiger partial charge < -0.3 is 15.2 Å². The van der Waals surface area contributed by atoms with Crippen LogP contribution in [0.3, 0.4) is 0 Å². The molecule has 0 bridgehead atoms. The molecule has 0 radical (unpaired) electrons. The van der Waals surface area contributed by atoms with E-state index in [9.17, 15) is 13.2 Å². The summed E-state index contributed by atoms with van der Waals surface area (Å²) < 4.78 is 52.5. The van der Waals surface area contributed by atoms with Gasteiger partial charge >= 0.3 is 6.18 Å². The van der Waals surface area contributed by atoms with Crippen molar-refractivity contribution in [1.29, 1.82) is 0 Å². The van der Waals surface area contributed by atoms with E-state index in [1.54, 1.807) is 33.8 Å². The summed E-state index contributed by atoms with van der Waals surface area (Å²) in [4.78, 5) is 4.19. The number of aromatic nitrogens is 1. The Morgan fingerprint density at radius 1 is 1.12 bits per heavy atom. The van der Waals surface area contributed by atoms with Gasteiger partial charge in [-0.15, -0.1) is 0 Å². The number of rotatable bonds is 5. The Morgan fingerprint density at radius 2 is 1.76 bits per heavy atom. The van der Waals surface area contributed by atoms with E-state index >= 15 is 0 Å². The summed E-state index contributed by atoms with van der Waals surface area (Å²) in [5, 5.41) is -0.120. The highest BCUT2D eigenvalue weighted by Gasteiger charge is 2.36. The fraction of sp³-hybridized carbons (Fsp3) is 0.471. The largest absolute Gasteiger partial charge is 0.487 e. The molecule has 1 aromatic carbocycles. The second-order valence-corrected chi connectivity index (χ2v) is 6.98. The molecule has 0 saturated heterocycles. The van der Waals surface area contributed by atoms with Crippen LogP contribution in [0.4, 0.5) is 13.2 Å². The van der Waals surface area contributed by atoms with Crippen LogP contribution in [0.2, 0.25) is 0 Å². The zero-order valence-corrected chi connectivity index (χ0v) is 15.9. The average Bonchev–Trinajstić information content (AvgIpc) is 2.47. The van der Waals surface area contributed by atoms with Crippen molar-refractivity contribution in [3.63, 3.8) is 0 Å². The van der Waals surface area contributed by atoms with Crippen LogP contribution in [0.15, 0.2) is 22.7 Å². The third-order valence-corrected chi connectivity index (χ3v) is 4.19. The fourth-order valence-electron chi connectivity index (χ4n) is 2.18. The van der Waals surface area contributed by atoms with Crippen molar-refractivity contribution in [2.75, 3.05) is 0 Å². The molecule has 138 valence electrons. The van der Waals surface area contributed by atoms with Crippen molar-refractivity contribution in [3.8, 4) is 11.6 Å². The van der Waals surface area contributed by atoms with Gasteiger partial charge in [-0.2, -0.15) is 13.2 Å². The average molecular weight is 421 g/mol. The molecule has 4 nitrogen and oxygen atoms in total. The monoisotopic (exact) mass is 420 g/mol. The molecule has 1 aromatic heterocycles. The van der Waals surface area contributed by atoms with E-state index < -0.39 is 17.8 Å². The SMILES string of the molecule is CC(C)Oc1cc(C(F)(F)F)c2c(OC(C)C(C)N)c(Br)ccc2n1. The quantitative estimate of drug-likeness (QED) is 0.745. The molecule has 2 N–H and O–H groups in total. The minimum Gasteiger partial charge on any atom is -0.487 e. The van der Waals surface area contributed by atoms with Crippen molar-refractivity contribution in [2.45, 2.75) is 52.1 Å². The summed E-state index contributed by atoms with van der Waals surface area (Å²) in [6.45, 7) is 6.87. The maximum atomic E-state index is 13.7. The van der Waals surface area contributed by atoms with E-state index in [4.69, 9.17) is 15.2 Å². The van der Waals surface area contributed by atoms with E-state index in [0.717, 1.165) is 6.07 Å². The summed E-state index contributed by atoms with van der Waals surface area (Å²) in [6, 6.07) is 3.63. The Bertz CT molecular complexity index is 764. The number of hydrogen-bond acceptors (Lipinski definition) is 4. The number of pyridine rings is 1. The molecule has 25 heavy (non-hydrogen) atoms. The first kappa shape index (κ1) is 19.8. The van der Waals surface area contributed by atoms with Crippen LogP contribution < -0.4 is 15.2 Å². The van der Waals surface area contributed by atoms with Crippen LogP contribution in [-0.2, 0) is 6.18 Å². The number of nitrogens with two attached hydrogens (primary N) is 1. The molecular weight excluding hydrogens is 401 g/mol. The number of nitrogens with zero attached hydrogens (tertiary/aromatic N) is 1. The van der Waals surface area contributed by atoms with Gasteiger partial charge in [-0.1, -0.05) is 0 Å². The van der Waals surface area contributed by atoms with Crippen LogP contribution in [-0.4, -0.2) is 23.2 Å². The van der Waals surface area contributed by atoms with Crippen LogP contribution in [0.5, 0.6) is 11.6 Å². The summed E-state index contributed by atoms with van der Waals surface area (Å²) in [7, 11) is 0. The molecule has 0 amide bonds. The molecule has 1 heterocycles. The van der Waals surface area contributed by atoms with Gasteiger partial charge in [0.25, 0.3) is 0 Å². The first-order valence-electron chi connectivity index (χ1n) is 7.80. The topological polar surface area (TPSA) is 57.4 Å². The second kappa shape index (κ2) is 7.37. The van der Waals surface area contributed by atoms with Gasteiger partial charge in [0.1, 0.15) is 11.9 Å². The fourth-order valence-corrected chi connectivity index (χ4v) is 2.60. The highest BCUT2D eigenvalue weighted by atomic mass is 79.9. The zero-order chi connectivity index (χ0) is 18.9. The summed E-state index contributed by atoms with van der Waals surface area (Å²) in [5.74, 6) is -0.0124. The molecule has 2 aromatic rings. The Balaban J connectivity index is 2.74. The molecule has 0 spiro atoms. The van der Waals surface area contributed by atoms with Gasteiger partial charge in [0.05, 0.1) is 27.0 Å². The first-order valence-corrected chi connectivity index (χ1v) is 8.59. The van der Waals surface area contributed by atoms with Gasteiger partial charge in [-0.3, -0.25) is 0 Å². The maximum Gasteiger partial charge on any atom is 0.417 e. The standard InChI is InChI=1S/C17H20BrF3N2O2/c1-8(2)24-14-7-11(17(19,20)21)15-13(23-14)6-5-12(18)16(15)25-10(4)9(3)22/h5-10H,22H2,1-4H3. The lowest BCUT2D eigenvalue weighted by Crippen LogP contribution is -2.33. The van der Waals surface area contributed by atoms with Gasteiger partial charge in [-0.05, 0) is 55.8 Å². The summed E-state index contributed by atoms with van der Waals surface area (Å²) >= 11 is 3.26. The molecule has 0 saturated carbocycles. The molecule has 8 heteroatoms. The Labute approximate surface area is 152 Å². The Hall–Kier alpha value is -1.54. The lowest BCUT2D eigenvalue weighted by atomic mass is 10.1. The van der Waals surface area contributed by atoms with Crippen molar-refractivity contribution in [2.24, 2.45) is 5.73 Å².